The van der Waals surface area contributed by atoms with E-state index in [0.29, 0.717) is 27.0 Å². The number of amides is 2. The van der Waals surface area contributed by atoms with Crippen molar-refractivity contribution < 1.29 is 13.2 Å². The molecule has 31 heavy (non-hydrogen) atoms. The Morgan fingerprint density at radius 3 is 2.16 bits per heavy atom. The van der Waals surface area contributed by atoms with E-state index in [0.717, 1.165) is 5.56 Å². The molecule has 3 N–H and O–H groups in total. The Labute approximate surface area is 191 Å². The van der Waals surface area contributed by atoms with E-state index in [1.54, 1.807) is 37.3 Å². The molecule has 0 unspecified atom stereocenters. The van der Waals surface area contributed by atoms with Gasteiger partial charge in [0.25, 0.3) is 10.0 Å². The van der Waals surface area contributed by atoms with Gasteiger partial charge in [-0.15, -0.1) is 0 Å². The van der Waals surface area contributed by atoms with Crippen molar-refractivity contribution >= 4 is 50.6 Å². The van der Waals surface area contributed by atoms with Crippen LogP contribution in [0, 0.1) is 6.92 Å². The molecule has 9 heteroatoms. The van der Waals surface area contributed by atoms with Crippen LogP contribution in [0.1, 0.15) is 24.1 Å². The Morgan fingerprint density at radius 2 is 1.52 bits per heavy atom. The van der Waals surface area contributed by atoms with E-state index in [1.807, 2.05) is 19.1 Å². The molecule has 0 saturated heterocycles. The van der Waals surface area contributed by atoms with E-state index >= 15 is 0 Å². The minimum absolute atomic E-state index is 0.0816. The van der Waals surface area contributed by atoms with Gasteiger partial charge in [0.1, 0.15) is 0 Å². The van der Waals surface area contributed by atoms with Gasteiger partial charge in [0.15, 0.2) is 0 Å². The summed E-state index contributed by atoms with van der Waals surface area (Å²) in [5, 5.41) is 6.23. The van der Waals surface area contributed by atoms with Gasteiger partial charge < -0.3 is 10.6 Å². The minimum Gasteiger partial charge on any atom is -0.331 e. The lowest BCUT2D eigenvalue weighted by atomic mass is 10.1. The molecule has 0 aliphatic heterocycles. The number of aryl methyl sites for hydroxylation is 1. The number of halogens is 2. The summed E-state index contributed by atoms with van der Waals surface area (Å²) in [6.45, 7) is 3.70. The average Bonchev–Trinajstić information content (AvgIpc) is 2.72. The van der Waals surface area contributed by atoms with Crippen LogP contribution in [-0.2, 0) is 10.0 Å². The zero-order valence-corrected chi connectivity index (χ0v) is 19.1. The van der Waals surface area contributed by atoms with Gasteiger partial charge in [-0.05, 0) is 61.9 Å². The summed E-state index contributed by atoms with van der Waals surface area (Å²) in [6, 6.07) is 17.3. The highest BCUT2D eigenvalue weighted by Gasteiger charge is 2.16. The third-order valence-corrected chi connectivity index (χ3v) is 6.75. The topological polar surface area (TPSA) is 87.3 Å². The molecule has 0 aliphatic carbocycles. The van der Waals surface area contributed by atoms with Crippen LogP contribution < -0.4 is 15.4 Å². The van der Waals surface area contributed by atoms with Crippen molar-refractivity contribution in [1.29, 1.82) is 0 Å². The first-order chi connectivity index (χ1) is 14.7. The second-order valence-corrected chi connectivity index (χ2v) is 9.43. The van der Waals surface area contributed by atoms with E-state index in [-0.39, 0.29) is 10.9 Å². The molecule has 162 valence electrons. The zero-order chi connectivity index (χ0) is 22.6. The molecule has 0 aromatic heterocycles. The lowest BCUT2D eigenvalue weighted by Gasteiger charge is -2.17. The van der Waals surface area contributed by atoms with E-state index in [9.17, 15) is 13.2 Å². The molecular formula is C22H21Cl2N3O3S. The summed E-state index contributed by atoms with van der Waals surface area (Å²) in [5.74, 6) is 0. The summed E-state index contributed by atoms with van der Waals surface area (Å²) in [4.78, 5) is 12.4. The Kier molecular flexibility index (Phi) is 7.10. The molecule has 3 rings (SSSR count). The van der Waals surface area contributed by atoms with Crippen molar-refractivity contribution in [3.63, 3.8) is 0 Å². The Balaban J connectivity index is 1.63. The van der Waals surface area contributed by atoms with Crippen LogP contribution in [0.2, 0.25) is 10.0 Å². The molecule has 0 heterocycles. The molecule has 0 spiro atoms. The number of carbonyl (C=O) groups excluding carboxylic acids is 1. The van der Waals surface area contributed by atoms with Crippen molar-refractivity contribution in [2.75, 3.05) is 10.0 Å². The van der Waals surface area contributed by atoms with Gasteiger partial charge in [-0.3, -0.25) is 4.72 Å². The van der Waals surface area contributed by atoms with Crippen molar-refractivity contribution in [3.8, 4) is 0 Å². The van der Waals surface area contributed by atoms with Gasteiger partial charge in [-0.1, -0.05) is 53.0 Å². The third kappa shape index (κ3) is 5.91. The summed E-state index contributed by atoms with van der Waals surface area (Å²) in [6.07, 6.45) is 0. The van der Waals surface area contributed by atoms with Crippen LogP contribution in [0.25, 0.3) is 0 Å². The molecule has 0 aliphatic rings. The molecule has 3 aromatic carbocycles. The second-order valence-electron chi connectivity index (χ2n) is 6.96. The predicted octanol–water partition coefficient (Wildman–Crippen LogP) is 5.99. The maximum atomic E-state index is 12.5. The van der Waals surface area contributed by atoms with Gasteiger partial charge in [-0.25, -0.2) is 13.2 Å². The smallest absolute Gasteiger partial charge is 0.319 e. The van der Waals surface area contributed by atoms with Gasteiger partial charge in [0.2, 0.25) is 0 Å². The molecule has 3 aromatic rings. The SMILES string of the molecule is Cc1ccc(NS(=O)(=O)c2ccc(NC(=O)N[C@@H](C)c3cccc(Cl)c3Cl)cc2)cc1. The number of benzene rings is 3. The Hall–Kier alpha value is -2.74. The number of rotatable bonds is 6. The Morgan fingerprint density at radius 1 is 0.903 bits per heavy atom. The molecule has 0 bridgehead atoms. The van der Waals surface area contributed by atoms with Crippen LogP contribution in [-0.4, -0.2) is 14.4 Å². The fraction of sp³-hybridized carbons (Fsp3) is 0.136. The van der Waals surface area contributed by atoms with E-state index in [4.69, 9.17) is 23.2 Å². The van der Waals surface area contributed by atoms with Crippen LogP contribution >= 0.6 is 23.2 Å². The number of hydrogen-bond donors (Lipinski definition) is 3. The number of nitrogens with one attached hydrogen (secondary N) is 3. The lowest BCUT2D eigenvalue weighted by Crippen LogP contribution is -2.31. The van der Waals surface area contributed by atoms with Gasteiger partial charge >= 0.3 is 6.03 Å². The first kappa shape index (κ1) is 22.9. The number of sulfonamides is 1. The van der Waals surface area contributed by atoms with E-state index < -0.39 is 16.1 Å². The highest BCUT2D eigenvalue weighted by Crippen LogP contribution is 2.29. The molecule has 6 nitrogen and oxygen atoms in total. The molecule has 1 atom stereocenters. The van der Waals surface area contributed by atoms with Crippen LogP contribution in [0.5, 0.6) is 0 Å². The Bertz CT molecular complexity index is 1180. The summed E-state index contributed by atoms with van der Waals surface area (Å²) < 4.78 is 27.6. The molecule has 2 amide bonds. The first-order valence-electron chi connectivity index (χ1n) is 9.37. The quantitative estimate of drug-likeness (QED) is 0.407. The van der Waals surface area contributed by atoms with Gasteiger partial charge in [0.05, 0.1) is 21.0 Å². The highest BCUT2D eigenvalue weighted by molar-refractivity contribution is 7.92. The average molecular weight is 478 g/mol. The highest BCUT2D eigenvalue weighted by atomic mass is 35.5. The third-order valence-electron chi connectivity index (χ3n) is 4.52. The summed E-state index contributed by atoms with van der Waals surface area (Å²) in [5.41, 5.74) is 2.63. The number of hydrogen-bond acceptors (Lipinski definition) is 3. The monoisotopic (exact) mass is 477 g/mol. The zero-order valence-electron chi connectivity index (χ0n) is 16.8. The molecule has 0 radical (unpaired) electrons. The fourth-order valence-electron chi connectivity index (χ4n) is 2.85. The maximum Gasteiger partial charge on any atom is 0.319 e. The van der Waals surface area contributed by atoms with Crippen molar-refractivity contribution in [1.82, 2.24) is 5.32 Å². The van der Waals surface area contributed by atoms with E-state index in [1.165, 1.54) is 24.3 Å². The number of carbonyl (C=O) groups is 1. The van der Waals surface area contributed by atoms with Gasteiger partial charge in [0, 0.05) is 11.4 Å². The normalized spacial score (nSPS) is 12.1. The van der Waals surface area contributed by atoms with Crippen LogP contribution in [0.15, 0.2) is 71.6 Å². The first-order valence-corrected chi connectivity index (χ1v) is 11.6. The number of anilines is 2. The van der Waals surface area contributed by atoms with Crippen molar-refractivity contribution in [2.45, 2.75) is 24.8 Å². The van der Waals surface area contributed by atoms with Crippen molar-refractivity contribution in [2.24, 2.45) is 0 Å². The molecular weight excluding hydrogens is 457 g/mol. The fourth-order valence-corrected chi connectivity index (χ4v) is 4.38. The molecule has 0 fully saturated rings. The van der Waals surface area contributed by atoms with E-state index in [2.05, 4.69) is 15.4 Å². The van der Waals surface area contributed by atoms with Gasteiger partial charge in [-0.2, -0.15) is 0 Å². The second kappa shape index (κ2) is 9.60. The number of urea groups is 1. The predicted molar refractivity (Wildman–Crippen MR) is 125 cm³/mol. The standard InChI is InChI=1S/C22H21Cl2N3O3S/c1-14-6-8-17(9-7-14)27-31(29,30)18-12-10-16(11-13-18)26-22(28)25-15(2)19-4-3-5-20(23)21(19)24/h3-13,15,27H,1-2H3,(H2,25,26,28)/t15-/m0/s1. The van der Waals surface area contributed by atoms with Crippen LogP contribution in [0.4, 0.5) is 16.2 Å². The summed E-state index contributed by atoms with van der Waals surface area (Å²) >= 11 is 12.2. The molecule has 0 saturated carbocycles. The summed E-state index contributed by atoms with van der Waals surface area (Å²) in [7, 11) is -3.74. The van der Waals surface area contributed by atoms with Crippen molar-refractivity contribution in [3.05, 3.63) is 87.9 Å². The minimum atomic E-state index is -3.74. The van der Waals surface area contributed by atoms with Crippen LogP contribution in [0.3, 0.4) is 0 Å². The maximum absolute atomic E-state index is 12.5. The largest absolute Gasteiger partial charge is 0.331 e. The lowest BCUT2D eigenvalue weighted by molar-refractivity contribution is 0.249.